The number of rotatable bonds is 9. The van der Waals surface area contributed by atoms with Crippen molar-refractivity contribution >= 4 is 12.0 Å². The molecule has 1 amide bonds. The zero-order valence-corrected chi connectivity index (χ0v) is 16.9. The Morgan fingerprint density at radius 3 is 2.21 bits per heavy atom. The van der Waals surface area contributed by atoms with E-state index in [1.165, 1.54) is 6.08 Å². The normalized spacial score (nSPS) is 10.8. The van der Waals surface area contributed by atoms with Crippen molar-refractivity contribution in [3.63, 3.8) is 0 Å². The summed E-state index contributed by atoms with van der Waals surface area (Å²) in [5.74, 6) is 2.44. The summed E-state index contributed by atoms with van der Waals surface area (Å²) in [6.07, 6.45) is 3.26. The monoisotopic (exact) mass is 385 g/mol. The Hall–Kier alpha value is -3.15. The Labute approximate surface area is 166 Å². The summed E-state index contributed by atoms with van der Waals surface area (Å²) in [6.45, 7) is 4.27. The number of methoxy groups -OCH3 is 3. The van der Waals surface area contributed by atoms with Gasteiger partial charge in [0.2, 0.25) is 5.91 Å². The van der Waals surface area contributed by atoms with Gasteiger partial charge in [-0.3, -0.25) is 4.79 Å². The molecule has 0 aliphatic rings. The van der Waals surface area contributed by atoms with Crippen LogP contribution in [0.4, 0.5) is 0 Å². The standard InChI is InChI=1S/C22H27NO5/c1-15(2)28-20-8-6-16(12-21(20)27-5)7-9-22(24)23-14-17-10-18(25-3)13-19(11-17)26-4/h6-13,15H,14H2,1-5H3,(H,23,24)/b9-7+. The Morgan fingerprint density at radius 2 is 1.64 bits per heavy atom. The highest BCUT2D eigenvalue weighted by atomic mass is 16.5. The Bertz CT molecular complexity index is 807. The van der Waals surface area contributed by atoms with Crippen molar-refractivity contribution in [2.24, 2.45) is 0 Å². The highest BCUT2D eigenvalue weighted by molar-refractivity contribution is 5.91. The van der Waals surface area contributed by atoms with Crippen LogP contribution >= 0.6 is 0 Å². The minimum absolute atomic E-state index is 0.0521. The molecule has 0 heterocycles. The summed E-state index contributed by atoms with van der Waals surface area (Å²) in [7, 11) is 4.77. The van der Waals surface area contributed by atoms with E-state index in [0.29, 0.717) is 29.5 Å². The molecule has 0 fully saturated rings. The number of ether oxygens (including phenoxy) is 4. The van der Waals surface area contributed by atoms with Crippen molar-refractivity contribution < 1.29 is 23.7 Å². The second-order valence-corrected chi connectivity index (χ2v) is 6.35. The first kappa shape index (κ1) is 21.2. The molecule has 1 N–H and O–H groups in total. The molecule has 6 nitrogen and oxygen atoms in total. The molecule has 0 radical (unpaired) electrons. The molecule has 2 aromatic carbocycles. The second kappa shape index (κ2) is 10.3. The lowest BCUT2D eigenvalue weighted by atomic mass is 10.1. The van der Waals surface area contributed by atoms with Crippen LogP contribution in [0.25, 0.3) is 6.08 Å². The maximum atomic E-state index is 12.1. The van der Waals surface area contributed by atoms with Crippen LogP contribution in [0.1, 0.15) is 25.0 Å². The van der Waals surface area contributed by atoms with Gasteiger partial charge in [-0.25, -0.2) is 0 Å². The van der Waals surface area contributed by atoms with E-state index in [1.807, 2.05) is 44.2 Å². The molecule has 0 aliphatic carbocycles. The Kier molecular flexibility index (Phi) is 7.75. The third kappa shape index (κ3) is 6.23. The zero-order chi connectivity index (χ0) is 20.5. The largest absolute Gasteiger partial charge is 0.497 e. The van der Waals surface area contributed by atoms with Gasteiger partial charge < -0.3 is 24.3 Å². The molecule has 6 heteroatoms. The van der Waals surface area contributed by atoms with Gasteiger partial charge in [-0.2, -0.15) is 0 Å². The van der Waals surface area contributed by atoms with E-state index >= 15 is 0 Å². The quantitative estimate of drug-likeness (QED) is 0.665. The van der Waals surface area contributed by atoms with Crippen LogP contribution in [0.2, 0.25) is 0 Å². The van der Waals surface area contributed by atoms with Crippen LogP contribution in [0, 0.1) is 0 Å². The number of carbonyl (C=O) groups is 1. The van der Waals surface area contributed by atoms with Crippen LogP contribution in [-0.4, -0.2) is 33.3 Å². The fourth-order valence-electron chi connectivity index (χ4n) is 2.53. The molecule has 0 atom stereocenters. The lowest BCUT2D eigenvalue weighted by Crippen LogP contribution is -2.20. The molecule has 2 aromatic rings. The van der Waals surface area contributed by atoms with Crippen molar-refractivity contribution in [3.05, 3.63) is 53.6 Å². The number of carbonyl (C=O) groups excluding carboxylic acids is 1. The fourth-order valence-corrected chi connectivity index (χ4v) is 2.53. The van der Waals surface area contributed by atoms with Crippen molar-refractivity contribution in [3.8, 4) is 23.0 Å². The molecule has 0 spiro atoms. The van der Waals surface area contributed by atoms with E-state index in [4.69, 9.17) is 18.9 Å². The summed E-state index contributed by atoms with van der Waals surface area (Å²) in [5, 5.41) is 2.85. The van der Waals surface area contributed by atoms with Crippen LogP contribution in [0.5, 0.6) is 23.0 Å². The molecule has 28 heavy (non-hydrogen) atoms. The molecule has 0 aliphatic heterocycles. The molecule has 0 unspecified atom stereocenters. The van der Waals surface area contributed by atoms with E-state index < -0.39 is 0 Å². The molecule has 150 valence electrons. The number of hydrogen-bond donors (Lipinski definition) is 1. The molecular formula is C22H27NO5. The van der Waals surface area contributed by atoms with Gasteiger partial charge in [0.25, 0.3) is 0 Å². The highest BCUT2D eigenvalue weighted by Crippen LogP contribution is 2.29. The molecule has 0 bridgehead atoms. The number of amides is 1. The van der Waals surface area contributed by atoms with E-state index in [1.54, 1.807) is 33.5 Å². The summed E-state index contributed by atoms with van der Waals surface area (Å²) in [4.78, 5) is 12.1. The molecule has 0 saturated heterocycles. The van der Waals surface area contributed by atoms with Crippen molar-refractivity contribution in [2.75, 3.05) is 21.3 Å². The number of nitrogens with one attached hydrogen (secondary N) is 1. The second-order valence-electron chi connectivity index (χ2n) is 6.35. The van der Waals surface area contributed by atoms with Gasteiger partial charge in [-0.15, -0.1) is 0 Å². The topological polar surface area (TPSA) is 66.0 Å². The van der Waals surface area contributed by atoms with Gasteiger partial charge in [-0.05, 0) is 55.3 Å². The summed E-state index contributed by atoms with van der Waals surface area (Å²) in [5.41, 5.74) is 1.72. The highest BCUT2D eigenvalue weighted by Gasteiger charge is 2.07. The maximum Gasteiger partial charge on any atom is 0.244 e. The maximum absolute atomic E-state index is 12.1. The van der Waals surface area contributed by atoms with Crippen LogP contribution in [0.3, 0.4) is 0 Å². The average molecular weight is 385 g/mol. The SMILES string of the molecule is COc1cc(CNC(=O)/C=C/c2ccc(OC(C)C)c(OC)c2)cc(OC)c1. The number of hydrogen-bond acceptors (Lipinski definition) is 5. The Morgan fingerprint density at radius 1 is 0.964 bits per heavy atom. The molecular weight excluding hydrogens is 358 g/mol. The fraction of sp³-hybridized carbons (Fsp3) is 0.318. The first-order valence-corrected chi connectivity index (χ1v) is 8.97. The zero-order valence-electron chi connectivity index (χ0n) is 16.9. The predicted octanol–water partition coefficient (Wildman–Crippen LogP) is 3.83. The minimum atomic E-state index is -0.205. The van der Waals surface area contributed by atoms with Crippen molar-refractivity contribution in [1.29, 1.82) is 0 Å². The predicted molar refractivity (Wildman–Crippen MR) is 109 cm³/mol. The lowest BCUT2D eigenvalue weighted by molar-refractivity contribution is -0.116. The summed E-state index contributed by atoms with van der Waals surface area (Å²) < 4.78 is 21.5. The van der Waals surface area contributed by atoms with Crippen molar-refractivity contribution in [2.45, 2.75) is 26.5 Å². The van der Waals surface area contributed by atoms with E-state index in [9.17, 15) is 4.79 Å². The molecule has 0 aromatic heterocycles. The smallest absolute Gasteiger partial charge is 0.244 e. The summed E-state index contributed by atoms with van der Waals surface area (Å²) >= 11 is 0. The third-order valence-corrected chi connectivity index (χ3v) is 3.86. The Balaban J connectivity index is 2.00. The molecule has 2 rings (SSSR count). The summed E-state index contributed by atoms with van der Waals surface area (Å²) in [6, 6.07) is 11.0. The van der Waals surface area contributed by atoms with Gasteiger partial charge in [-0.1, -0.05) is 6.07 Å². The van der Waals surface area contributed by atoms with E-state index in [2.05, 4.69) is 5.32 Å². The van der Waals surface area contributed by atoms with E-state index in [-0.39, 0.29) is 12.0 Å². The number of benzene rings is 2. The first-order valence-electron chi connectivity index (χ1n) is 8.97. The van der Waals surface area contributed by atoms with Gasteiger partial charge in [0.05, 0.1) is 27.4 Å². The lowest BCUT2D eigenvalue weighted by Gasteiger charge is -2.13. The van der Waals surface area contributed by atoms with Gasteiger partial charge in [0, 0.05) is 18.7 Å². The van der Waals surface area contributed by atoms with Crippen LogP contribution in [0.15, 0.2) is 42.5 Å². The average Bonchev–Trinajstić information content (AvgIpc) is 2.70. The third-order valence-electron chi connectivity index (χ3n) is 3.86. The van der Waals surface area contributed by atoms with Crippen molar-refractivity contribution in [1.82, 2.24) is 5.32 Å². The van der Waals surface area contributed by atoms with Crippen LogP contribution < -0.4 is 24.3 Å². The first-order chi connectivity index (χ1) is 13.4. The van der Waals surface area contributed by atoms with Gasteiger partial charge >= 0.3 is 0 Å². The minimum Gasteiger partial charge on any atom is -0.497 e. The van der Waals surface area contributed by atoms with Crippen LogP contribution in [-0.2, 0) is 11.3 Å². The van der Waals surface area contributed by atoms with Gasteiger partial charge in [0.15, 0.2) is 11.5 Å². The molecule has 0 saturated carbocycles. The van der Waals surface area contributed by atoms with Gasteiger partial charge in [0.1, 0.15) is 11.5 Å². The van der Waals surface area contributed by atoms with E-state index in [0.717, 1.165) is 11.1 Å².